The van der Waals surface area contributed by atoms with Crippen LogP contribution in [0.2, 0.25) is 0 Å². The molecule has 8 heteroatoms. The number of carbonyl (C=O) groups excluding carboxylic acids is 2. The number of rotatable bonds is 9. The van der Waals surface area contributed by atoms with Crippen molar-refractivity contribution in [3.63, 3.8) is 0 Å². The fourth-order valence-electron chi connectivity index (χ4n) is 3.41. The smallest absolute Gasteiger partial charge is 0.290 e. The first-order valence-electron chi connectivity index (χ1n) is 10.4. The van der Waals surface area contributed by atoms with Gasteiger partial charge in [-0.3, -0.25) is 9.59 Å². The Bertz CT molecular complexity index is 1180. The van der Waals surface area contributed by atoms with Gasteiger partial charge in [-0.15, -0.1) is 11.3 Å². The molecule has 6 nitrogen and oxygen atoms in total. The van der Waals surface area contributed by atoms with Crippen molar-refractivity contribution in [2.75, 3.05) is 6.54 Å². The van der Waals surface area contributed by atoms with E-state index in [9.17, 15) is 14.0 Å². The fourth-order valence-corrected chi connectivity index (χ4v) is 4.32. The van der Waals surface area contributed by atoms with Gasteiger partial charge in [-0.1, -0.05) is 12.1 Å². The molecule has 170 valence electrons. The summed E-state index contributed by atoms with van der Waals surface area (Å²) >= 11 is 1.61. The number of hydrogen-bond donors (Lipinski definition) is 0. The van der Waals surface area contributed by atoms with Crippen LogP contribution in [-0.2, 0) is 24.4 Å². The van der Waals surface area contributed by atoms with E-state index in [4.69, 9.17) is 8.83 Å². The zero-order valence-corrected chi connectivity index (χ0v) is 18.9. The van der Waals surface area contributed by atoms with E-state index < -0.39 is 5.91 Å². The molecule has 0 saturated carbocycles. The van der Waals surface area contributed by atoms with E-state index in [0.717, 1.165) is 15.3 Å². The predicted molar refractivity (Wildman–Crippen MR) is 122 cm³/mol. The number of furan rings is 2. The highest BCUT2D eigenvalue weighted by atomic mass is 32.1. The van der Waals surface area contributed by atoms with Crippen LogP contribution in [0.15, 0.2) is 82.0 Å². The van der Waals surface area contributed by atoms with Gasteiger partial charge in [0.25, 0.3) is 5.91 Å². The van der Waals surface area contributed by atoms with E-state index in [-0.39, 0.29) is 30.6 Å². The second-order valence-corrected chi connectivity index (χ2v) is 8.98. The van der Waals surface area contributed by atoms with Gasteiger partial charge in [-0.05, 0) is 61.0 Å². The standard InChI is InChI=1S/C25H23FN2O4S/c1-18-6-11-22(33-18)16-27(14-19-7-9-20(26)10-8-19)24(29)17-28(15-21-4-2-12-31-21)25(30)23-5-3-13-32-23/h2-13H,14-17H2,1H3. The average Bonchev–Trinajstić information content (AvgIpc) is 3.57. The van der Waals surface area contributed by atoms with Gasteiger partial charge >= 0.3 is 0 Å². The maximum Gasteiger partial charge on any atom is 0.290 e. The van der Waals surface area contributed by atoms with Crippen molar-refractivity contribution in [2.45, 2.75) is 26.6 Å². The molecule has 4 aromatic rings. The van der Waals surface area contributed by atoms with Gasteiger partial charge in [0.05, 0.1) is 25.6 Å². The molecule has 3 heterocycles. The molecule has 0 aliphatic rings. The minimum Gasteiger partial charge on any atom is -0.467 e. The summed E-state index contributed by atoms with van der Waals surface area (Å²) in [6, 6.07) is 16.7. The number of thiophene rings is 1. The molecule has 33 heavy (non-hydrogen) atoms. The van der Waals surface area contributed by atoms with Crippen molar-refractivity contribution in [3.8, 4) is 0 Å². The molecule has 0 radical (unpaired) electrons. The van der Waals surface area contributed by atoms with Crippen LogP contribution in [0.25, 0.3) is 0 Å². The zero-order valence-electron chi connectivity index (χ0n) is 18.1. The lowest BCUT2D eigenvalue weighted by molar-refractivity contribution is -0.133. The van der Waals surface area contributed by atoms with Crippen LogP contribution in [0.3, 0.4) is 0 Å². The van der Waals surface area contributed by atoms with Crippen LogP contribution in [-0.4, -0.2) is 28.2 Å². The van der Waals surface area contributed by atoms with E-state index in [2.05, 4.69) is 0 Å². The minimum absolute atomic E-state index is 0.126. The normalized spacial score (nSPS) is 10.8. The van der Waals surface area contributed by atoms with Crippen molar-refractivity contribution in [3.05, 3.63) is 106 Å². The first kappa shape index (κ1) is 22.5. The second-order valence-electron chi connectivity index (χ2n) is 7.61. The lowest BCUT2D eigenvalue weighted by Crippen LogP contribution is -2.42. The minimum atomic E-state index is -0.404. The molecular weight excluding hydrogens is 443 g/mol. The van der Waals surface area contributed by atoms with Crippen LogP contribution in [0.4, 0.5) is 4.39 Å². The number of amides is 2. The third-order valence-electron chi connectivity index (χ3n) is 5.05. The molecular formula is C25H23FN2O4S. The van der Waals surface area contributed by atoms with Gasteiger partial charge in [-0.25, -0.2) is 4.39 Å². The monoisotopic (exact) mass is 466 g/mol. The van der Waals surface area contributed by atoms with Crippen LogP contribution < -0.4 is 0 Å². The first-order chi connectivity index (χ1) is 16.0. The summed E-state index contributed by atoms with van der Waals surface area (Å²) in [5.74, 6) is -0.274. The van der Waals surface area contributed by atoms with Crippen molar-refractivity contribution in [2.24, 2.45) is 0 Å². The number of aryl methyl sites for hydroxylation is 1. The van der Waals surface area contributed by atoms with Crippen LogP contribution >= 0.6 is 11.3 Å². The number of nitrogens with zero attached hydrogens (tertiary/aromatic N) is 2. The summed E-state index contributed by atoms with van der Waals surface area (Å²) in [5.41, 5.74) is 0.799. The van der Waals surface area contributed by atoms with Gasteiger partial charge in [0, 0.05) is 16.3 Å². The number of benzene rings is 1. The first-order valence-corrected chi connectivity index (χ1v) is 11.2. The number of carbonyl (C=O) groups is 2. The van der Waals surface area contributed by atoms with E-state index in [1.165, 1.54) is 29.6 Å². The summed E-state index contributed by atoms with van der Waals surface area (Å²) < 4.78 is 24.0. The molecule has 0 unspecified atom stereocenters. The third-order valence-corrected chi connectivity index (χ3v) is 6.04. The Balaban J connectivity index is 1.56. The van der Waals surface area contributed by atoms with Gasteiger partial charge < -0.3 is 18.6 Å². The maximum absolute atomic E-state index is 13.4. The Hall–Kier alpha value is -3.65. The summed E-state index contributed by atoms with van der Waals surface area (Å²) in [6.45, 7) is 2.65. The number of hydrogen-bond acceptors (Lipinski definition) is 5. The highest BCUT2D eigenvalue weighted by Gasteiger charge is 2.25. The summed E-state index contributed by atoms with van der Waals surface area (Å²) in [4.78, 5) is 31.7. The SMILES string of the molecule is Cc1ccc(CN(Cc2ccc(F)cc2)C(=O)CN(Cc2ccco2)C(=O)c2ccco2)s1. The molecule has 0 aliphatic heterocycles. The summed E-state index contributed by atoms with van der Waals surface area (Å²) in [6.07, 6.45) is 2.94. The van der Waals surface area contributed by atoms with Crippen molar-refractivity contribution < 1.29 is 22.8 Å². The third kappa shape index (κ3) is 5.98. The van der Waals surface area contributed by atoms with Crippen molar-refractivity contribution in [1.82, 2.24) is 9.80 Å². The van der Waals surface area contributed by atoms with Gasteiger partial charge in [0.15, 0.2) is 5.76 Å². The van der Waals surface area contributed by atoms with E-state index >= 15 is 0 Å². The van der Waals surface area contributed by atoms with E-state index in [1.807, 2.05) is 19.1 Å². The van der Waals surface area contributed by atoms with E-state index in [1.54, 1.807) is 52.6 Å². The molecule has 0 N–H and O–H groups in total. The molecule has 2 amide bonds. The molecule has 0 aliphatic carbocycles. The summed E-state index contributed by atoms with van der Waals surface area (Å²) in [7, 11) is 0. The highest BCUT2D eigenvalue weighted by molar-refractivity contribution is 7.11. The maximum atomic E-state index is 13.4. The fraction of sp³-hybridized carbons (Fsp3) is 0.200. The van der Waals surface area contributed by atoms with Crippen LogP contribution in [0.1, 0.15) is 31.6 Å². The van der Waals surface area contributed by atoms with Gasteiger partial charge in [0.2, 0.25) is 5.91 Å². The lowest BCUT2D eigenvalue weighted by atomic mass is 10.2. The van der Waals surface area contributed by atoms with Gasteiger partial charge in [-0.2, -0.15) is 0 Å². The molecule has 0 spiro atoms. The molecule has 0 saturated heterocycles. The Labute approximate surface area is 194 Å². The zero-order chi connectivity index (χ0) is 23.2. The Morgan fingerprint density at radius 3 is 2.27 bits per heavy atom. The Kier molecular flexibility index (Phi) is 7.04. The quantitative estimate of drug-likeness (QED) is 0.338. The highest BCUT2D eigenvalue weighted by Crippen LogP contribution is 2.20. The molecule has 1 aromatic carbocycles. The molecule has 3 aromatic heterocycles. The van der Waals surface area contributed by atoms with Gasteiger partial charge in [0.1, 0.15) is 18.1 Å². The largest absolute Gasteiger partial charge is 0.467 e. The van der Waals surface area contributed by atoms with Crippen LogP contribution in [0, 0.1) is 12.7 Å². The van der Waals surface area contributed by atoms with E-state index in [0.29, 0.717) is 18.8 Å². The number of halogens is 1. The molecule has 0 atom stereocenters. The Morgan fingerprint density at radius 2 is 1.64 bits per heavy atom. The van der Waals surface area contributed by atoms with Crippen LogP contribution in [0.5, 0.6) is 0 Å². The molecule has 4 rings (SSSR count). The Morgan fingerprint density at radius 1 is 0.879 bits per heavy atom. The molecule has 0 bridgehead atoms. The molecule has 0 fully saturated rings. The second kappa shape index (κ2) is 10.3. The van der Waals surface area contributed by atoms with Crippen molar-refractivity contribution >= 4 is 23.2 Å². The lowest BCUT2D eigenvalue weighted by Gasteiger charge is -2.27. The topological polar surface area (TPSA) is 66.9 Å². The average molecular weight is 467 g/mol. The summed E-state index contributed by atoms with van der Waals surface area (Å²) in [5, 5.41) is 0. The van der Waals surface area contributed by atoms with Crippen molar-refractivity contribution in [1.29, 1.82) is 0 Å². The predicted octanol–water partition coefficient (Wildman–Crippen LogP) is 5.25.